The molecule has 1 heterocycles. The first-order valence-corrected chi connectivity index (χ1v) is 13.8. The fourth-order valence-electron chi connectivity index (χ4n) is 4.69. The normalized spacial score (nSPS) is 14.7. The summed E-state index contributed by atoms with van der Waals surface area (Å²) in [7, 11) is -3.66. The first kappa shape index (κ1) is 25.7. The molecule has 0 saturated heterocycles. The van der Waals surface area contributed by atoms with Crippen molar-refractivity contribution in [1.82, 2.24) is 10.2 Å². The van der Waals surface area contributed by atoms with Gasteiger partial charge in [-0.2, -0.15) is 0 Å². The van der Waals surface area contributed by atoms with Crippen molar-refractivity contribution in [2.45, 2.75) is 57.0 Å². The molecule has 36 heavy (non-hydrogen) atoms. The number of carbonyl (C=O) groups excluding carboxylic acids is 2. The van der Waals surface area contributed by atoms with Gasteiger partial charge in [0.05, 0.1) is 10.6 Å². The zero-order valence-electron chi connectivity index (χ0n) is 21.0. The van der Waals surface area contributed by atoms with Gasteiger partial charge < -0.3 is 10.2 Å². The van der Waals surface area contributed by atoms with Crippen LogP contribution in [-0.4, -0.2) is 50.3 Å². The maximum Gasteiger partial charge on any atom is 0.265 e. The lowest BCUT2D eigenvalue weighted by Gasteiger charge is -2.29. The Balaban J connectivity index is 1.46. The summed E-state index contributed by atoms with van der Waals surface area (Å²) in [4.78, 5) is 28.0. The van der Waals surface area contributed by atoms with Crippen molar-refractivity contribution in [2.24, 2.45) is 0 Å². The molecule has 1 aliphatic rings. The van der Waals surface area contributed by atoms with Crippen LogP contribution in [0.5, 0.6) is 0 Å². The lowest BCUT2D eigenvalue weighted by Crippen LogP contribution is -2.50. The van der Waals surface area contributed by atoms with Crippen molar-refractivity contribution in [3.63, 3.8) is 0 Å². The second-order valence-electron chi connectivity index (χ2n) is 9.47. The summed E-state index contributed by atoms with van der Waals surface area (Å²) < 4.78 is 27.8. The van der Waals surface area contributed by atoms with Gasteiger partial charge in [0.15, 0.2) is 0 Å². The van der Waals surface area contributed by atoms with Gasteiger partial charge in [-0.3, -0.25) is 13.9 Å². The first-order chi connectivity index (χ1) is 17.2. The quantitative estimate of drug-likeness (QED) is 0.447. The number of benzene rings is 3. The summed E-state index contributed by atoms with van der Waals surface area (Å²) in [6.07, 6.45) is 1.12. The maximum atomic E-state index is 13.3. The number of nitrogens with zero attached hydrogens (tertiary/aromatic N) is 2. The zero-order valence-corrected chi connectivity index (χ0v) is 21.8. The van der Waals surface area contributed by atoms with E-state index in [1.807, 2.05) is 68.4 Å². The largest absolute Gasteiger partial charge is 0.352 e. The highest BCUT2D eigenvalue weighted by Gasteiger charge is 2.35. The summed E-state index contributed by atoms with van der Waals surface area (Å²) in [5, 5.41) is 4.50. The number of amides is 2. The number of carbonyl (C=O) groups is 2. The Bertz CT molecular complexity index is 1350. The number of anilines is 1. The number of rotatable bonds is 10. The summed E-state index contributed by atoms with van der Waals surface area (Å²) in [5.41, 5.74) is 1.74. The number of hydrogen-bond donors (Lipinski definition) is 1. The van der Waals surface area contributed by atoms with Crippen LogP contribution < -0.4 is 9.62 Å². The van der Waals surface area contributed by atoms with Crippen LogP contribution in [-0.2, 0) is 26.0 Å². The molecule has 0 aromatic heterocycles. The van der Waals surface area contributed by atoms with Crippen LogP contribution in [0.3, 0.4) is 0 Å². The zero-order chi connectivity index (χ0) is 25.9. The van der Waals surface area contributed by atoms with Crippen molar-refractivity contribution in [1.29, 1.82) is 0 Å². The Hall–Kier alpha value is -3.39. The van der Waals surface area contributed by atoms with Gasteiger partial charge in [-0.15, -0.1) is 0 Å². The molecule has 1 atom stereocenters. The fraction of sp³-hybridized carbons (Fsp3) is 0.357. The minimum atomic E-state index is -3.66. The third-order valence-corrected chi connectivity index (χ3v) is 8.37. The van der Waals surface area contributed by atoms with Gasteiger partial charge >= 0.3 is 0 Å². The summed E-state index contributed by atoms with van der Waals surface area (Å²) in [6, 6.07) is 20.0. The molecule has 0 fully saturated rings. The van der Waals surface area contributed by atoms with Crippen molar-refractivity contribution in [3.05, 3.63) is 72.3 Å². The highest BCUT2D eigenvalue weighted by molar-refractivity contribution is 7.93. The van der Waals surface area contributed by atoms with Crippen LogP contribution in [0.1, 0.15) is 39.2 Å². The summed E-state index contributed by atoms with van der Waals surface area (Å²) >= 11 is 0. The van der Waals surface area contributed by atoms with Crippen LogP contribution >= 0.6 is 0 Å². The Labute approximate surface area is 213 Å². The van der Waals surface area contributed by atoms with Crippen molar-refractivity contribution >= 4 is 38.3 Å². The molecule has 8 heteroatoms. The highest BCUT2D eigenvalue weighted by atomic mass is 32.2. The summed E-state index contributed by atoms with van der Waals surface area (Å²) in [6.45, 7) is 6.11. The van der Waals surface area contributed by atoms with E-state index >= 15 is 0 Å². The van der Waals surface area contributed by atoms with Crippen molar-refractivity contribution < 1.29 is 18.0 Å². The molecule has 1 N–H and O–H groups in total. The number of nitrogens with one attached hydrogen (secondary N) is 1. The van der Waals surface area contributed by atoms with Crippen LogP contribution in [0.25, 0.3) is 10.8 Å². The Morgan fingerprint density at radius 2 is 1.64 bits per heavy atom. The van der Waals surface area contributed by atoms with E-state index < -0.39 is 16.1 Å². The third-order valence-electron chi connectivity index (χ3n) is 6.52. The smallest absolute Gasteiger partial charge is 0.265 e. The molecule has 3 aromatic rings. The molecule has 1 aliphatic heterocycles. The second-order valence-corrected chi connectivity index (χ2v) is 11.3. The molecular formula is C28H33N3O4S. The van der Waals surface area contributed by atoms with E-state index in [2.05, 4.69) is 5.32 Å². The Morgan fingerprint density at radius 1 is 0.944 bits per heavy atom. The van der Waals surface area contributed by atoms with Gasteiger partial charge in [-0.1, -0.05) is 54.6 Å². The van der Waals surface area contributed by atoms with E-state index in [0.29, 0.717) is 30.0 Å². The third kappa shape index (κ3) is 5.23. The Kier molecular flexibility index (Phi) is 7.64. The van der Waals surface area contributed by atoms with Crippen molar-refractivity contribution in [3.8, 4) is 0 Å². The van der Waals surface area contributed by atoms with Gasteiger partial charge in [-0.25, -0.2) is 8.42 Å². The van der Waals surface area contributed by atoms with E-state index in [1.165, 1.54) is 4.31 Å². The molecule has 4 rings (SSSR count). The molecule has 2 amide bonds. The highest BCUT2D eigenvalue weighted by Crippen LogP contribution is 2.42. The van der Waals surface area contributed by atoms with E-state index in [4.69, 9.17) is 0 Å². The minimum absolute atomic E-state index is 0.0317. The standard InChI is InChI=1S/C28H33N3O4S/c1-20(2)29-28(33)21(3)30(19-17-22-10-5-4-6-11-22)26(32)16-9-18-31-24-14-7-12-23-13-8-15-25(27(23)24)36(31,34)35/h4-8,10-15,20-21H,9,16-19H2,1-3H3,(H,29,33). The van der Waals surface area contributed by atoms with E-state index in [1.54, 1.807) is 24.0 Å². The number of hydrogen-bond acceptors (Lipinski definition) is 4. The average molecular weight is 508 g/mol. The second kappa shape index (κ2) is 10.7. The predicted octanol–water partition coefficient (Wildman–Crippen LogP) is 4.11. The summed E-state index contributed by atoms with van der Waals surface area (Å²) in [5.74, 6) is -0.361. The van der Waals surface area contributed by atoms with Gasteiger partial charge in [0.25, 0.3) is 10.0 Å². The fourth-order valence-corrected chi connectivity index (χ4v) is 6.44. The molecule has 0 saturated carbocycles. The maximum absolute atomic E-state index is 13.3. The van der Waals surface area contributed by atoms with Gasteiger partial charge in [-0.05, 0) is 56.7 Å². The van der Waals surface area contributed by atoms with Gasteiger partial charge in [0.2, 0.25) is 11.8 Å². The van der Waals surface area contributed by atoms with Crippen molar-refractivity contribution in [2.75, 3.05) is 17.4 Å². The first-order valence-electron chi connectivity index (χ1n) is 12.4. The lowest BCUT2D eigenvalue weighted by molar-refractivity contribution is -0.140. The van der Waals surface area contributed by atoms with Gasteiger partial charge in [0.1, 0.15) is 6.04 Å². The van der Waals surface area contributed by atoms with Gasteiger partial charge in [0, 0.05) is 30.9 Å². The predicted molar refractivity (Wildman–Crippen MR) is 142 cm³/mol. The molecule has 0 radical (unpaired) electrons. The van der Waals surface area contributed by atoms with Crippen LogP contribution in [0.4, 0.5) is 5.69 Å². The van der Waals surface area contributed by atoms with Crippen LogP contribution in [0, 0.1) is 0 Å². The topological polar surface area (TPSA) is 86.8 Å². The average Bonchev–Trinajstić information content (AvgIpc) is 3.07. The lowest BCUT2D eigenvalue weighted by atomic mass is 10.1. The van der Waals surface area contributed by atoms with E-state index in [0.717, 1.165) is 16.3 Å². The monoisotopic (exact) mass is 507 g/mol. The van der Waals surface area contributed by atoms with E-state index in [9.17, 15) is 18.0 Å². The molecule has 190 valence electrons. The molecule has 1 unspecified atom stereocenters. The van der Waals surface area contributed by atoms with Crippen LogP contribution in [0.15, 0.2) is 71.6 Å². The minimum Gasteiger partial charge on any atom is -0.352 e. The molecule has 3 aromatic carbocycles. The molecule has 0 aliphatic carbocycles. The Morgan fingerprint density at radius 3 is 2.33 bits per heavy atom. The van der Waals surface area contributed by atoms with Crippen LogP contribution in [0.2, 0.25) is 0 Å². The molecular weight excluding hydrogens is 474 g/mol. The molecule has 7 nitrogen and oxygen atoms in total. The van der Waals surface area contributed by atoms with E-state index in [-0.39, 0.29) is 30.8 Å². The molecule has 0 spiro atoms. The SMILES string of the molecule is CC(C)NC(=O)C(C)N(CCc1ccccc1)C(=O)CCCN1c2cccc3cccc(c23)S1(=O)=O. The number of sulfonamides is 1. The molecule has 0 bridgehead atoms.